The normalized spacial score (nSPS) is 15.0. The molecular formula is C24H33IN4O. The second-order valence-electron chi connectivity index (χ2n) is 7.86. The summed E-state index contributed by atoms with van der Waals surface area (Å²) >= 11 is 0. The van der Waals surface area contributed by atoms with Crippen LogP contribution in [0.25, 0.3) is 0 Å². The Labute approximate surface area is 197 Å². The first-order valence-corrected chi connectivity index (χ1v) is 10.4. The molecule has 1 fully saturated rings. The van der Waals surface area contributed by atoms with Gasteiger partial charge in [0, 0.05) is 39.6 Å². The van der Waals surface area contributed by atoms with Gasteiger partial charge in [-0.1, -0.05) is 61.0 Å². The Hall–Kier alpha value is -2.09. The van der Waals surface area contributed by atoms with E-state index >= 15 is 0 Å². The van der Waals surface area contributed by atoms with Crippen LogP contribution in [0.3, 0.4) is 0 Å². The lowest BCUT2D eigenvalue weighted by Gasteiger charge is -2.17. The fourth-order valence-corrected chi connectivity index (χ4v) is 3.60. The molecule has 1 aliphatic heterocycles. The van der Waals surface area contributed by atoms with E-state index in [1.54, 1.807) is 7.05 Å². The maximum absolute atomic E-state index is 11.8. The number of likely N-dealkylation sites (tertiary alicyclic amines) is 1. The van der Waals surface area contributed by atoms with E-state index in [0.717, 1.165) is 25.5 Å². The van der Waals surface area contributed by atoms with Crippen LogP contribution in [0.15, 0.2) is 53.5 Å². The number of aliphatic imine (C=N–C) groups is 1. The predicted molar refractivity (Wildman–Crippen MR) is 134 cm³/mol. The third kappa shape index (κ3) is 7.00. The number of aryl methyl sites for hydroxylation is 1. The fraction of sp³-hybridized carbons (Fsp3) is 0.417. The van der Waals surface area contributed by atoms with Crippen molar-refractivity contribution in [1.29, 1.82) is 0 Å². The SMILES string of the molecule is CN=C(NCc1ccc(CN2CCCC2=O)cc1)NCC(C)c1cccc(C)c1.I. The lowest BCUT2D eigenvalue weighted by molar-refractivity contribution is -0.128. The van der Waals surface area contributed by atoms with Crippen LogP contribution in [0.2, 0.25) is 0 Å². The number of benzene rings is 2. The molecule has 2 N–H and O–H groups in total. The summed E-state index contributed by atoms with van der Waals surface area (Å²) in [6.45, 7) is 7.47. The maximum Gasteiger partial charge on any atom is 0.222 e. The van der Waals surface area contributed by atoms with E-state index in [1.807, 2.05) is 4.90 Å². The van der Waals surface area contributed by atoms with Gasteiger partial charge in [-0.05, 0) is 36.0 Å². The van der Waals surface area contributed by atoms with Crippen molar-refractivity contribution in [2.45, 2.75) is 45.7 Å². The van der Waals surface area contributed by atoms with E-state index in [0.29, 0.717) is 25.4 Å². The van der Waals surface area contributed by atoms with Crippen LogP contribution < -0.4 is 10.6 Å². The van der Waals surface area contributed by atoms with E-state index in [2.05, 4.69) is 78.0 Å². The molecule has 1 amide bonds. The summed E-state index contributed by atoms with van der Waals surface area (Å²) in [7, 11) is 1.79. The molecule has 2 aromatic carbocycles. The van der Waals surface area contributed by atoms with Gasteiger partial charge in [0.1, 0.15) is 0 Å². The van der Waals surface area contributed by atoms with Crippen molar-refractivity contribution in [3.8, 4) is 0 Å². The summed E-state index contributed by atoms with van der Waals surface area (Å²) in [4.78, 5) is 18.0. The number of guanidine groups is 1. The Kier molecular flexibility index (Phi) is 9.62. The molecule has 5 nitrogen and oxygen atoms in total. The summed E-state index contributed by atoms with van der Waals surface area (Å²) in [6.07, 6.45) is 1.67. The molecule has 1 heterocycles. The molecule has 1 aliphatic rings. The number of nitrogens with zero attached hydrogens (tertiary/aromatic N) is 2. The van der Waals surface area contributed by atoms with Gasteiger partial charge in [0.2, 0.25) is 5.91 Å². The van der Waals surface area contributed by atoms with Crippen molar-refractivity contribution < 1.29 is 4.79 Å². The molecule has 30 heavy (non-hydrogen) atoms. The molecule has 0 spiro atoms. The van der Waals surface area contributed by atoms with Crippen LogP contribution in [0, 0.1) is 6.92 Å². The van der Waals surface area contributed by atoms with Gasteiger partial charge in [0.05, 0.1) is 0 Å². The molecule has 6 heteroatoms. The molecule has 1 unspecified atom stereocenters. The van der Waals surface area contributed by atoms with Gasteiger partial charge < -0.3 is 15.5 Å². The molecular weight excluding hydrogens is 487 g/mol. The molecule has 1 saturated heterocycles. The summed E-state index contributed by atoms with van der Waals surface area (Å²) in [6, 6.07) is 17.1. The molecule has 0 aromatic heterocycles. The van der Waals surface area contributed by atoms with Crippen molar-refractivity contribution in [1.82, 2.24) is 15.5 Å². The van der Waals surface area contributed by atoms with E-state index in [4.69, 9.17) is 0 Å². The van der Waals surface area contributed by atoms with Crippen LogP contribution in [0.1, 0.15) is 47.9 Å². The predicted octanol–water partition coefficient (Wildman–Crippen LogP) is 4.20. The smallest absolute Gasteiger partial charge is 0.222 e. The van der Waals surface area contributed by atoms with Crippen LogP contribution in [0.4, 0.5) is 0 Å². The molecule has 1 atom stereocenters. The molecule has 0 aliphatic carbocycles. The lowest BCUT2D eigenvalue weighted by Crippen LogP contribution is -2.38. The Balaban J connectivity index is 0.00000320. The average molecular weight is 520 g/mol. The number of hydrogen-bond acceptors (Lipinski definition) is 2. The summed E-state index contributed by atoms with van der Waals surface area (Å²) in [5.41, 5.74) is 4.99. The highest BCUT2D eigenvalue weighted by atomic mass is 127. The quantitative estimate of drug-likeness (QED) is 0.327. The van der Waals surface area contributed by atoms with Gasteiger partial charge in [-0.25, -0.2) is 0 Å². The van der Waals surface area contributed by atoms with Gasteiger partial charge in [-0.2, -0.15) is 0 Å². The first-order chi connectivity index (χ1) is 14.0. The highest BCUT2D eigenvalue weighted by Gasteiger charge is 2.19. The third-order valence-corrected chi connectivity index (χ3v) is 5.44. The highest BCUT2D eigenvalue weighted by Crippen LogP contribution is 2.16. The van der Waals surface area contributed by atoms with Crippen LogP contribution in [0.5, 0.6) is 0 Å². The van der Waals surface area contributed by atoms with Gasteiger partial charge in [-0.15, -0.1) is 24.0 Å². The summed E-state index contributed by atoms with van der Waals surface area (Å²) in [5.74, 6) is 1.47. The van der Waals surface area contributed by atoms with E-state index in [9.17, 15) is 4.79 Å². The van der Waals surface area contributed by atoms with Gasteiger partial charge >= 0.3 is 0 Å². The number of carbonyl (C=O) groups is 1. The standard InChI is InChI=1S/C24H32N4O.HI/c1-18-6-4-7-22(14-18)19(2)15-26-24(25-3)27-16-20-9-11-21(12-10-20)17-28-13-5-8-23(28)29;/h4,6-7,9-12,14,19H,5,8,13,15-17H2,1-3H3,(H2,25,26,27);1H. The Morgan fingerprint density at radius 3 is 2.50 bits per heavy atom. The first-order valence-electron chi connectivity index (χ1n) is 10.4. The number of rotatable bonds is 7. The van der Waals surface area contributed by atoms with E-state index < -0.39 is 0 Å². The zero-order valence-electron chi connectivity index (χ0n) is 18.1. The zero-order valence-corrected chi connectivity index (χ0v) is 20.5. The number of carbonyl (C=O) groups excluding carboxylic acids is 1. The summed E-state index contributed by atoms with van der Waals surface area (Å²) in [5, 5.41) is 6.79. The Morgan fingerprint density at radius 1 is 1.13 bits per heavy atom. The average Bonchev–Trinajstić information content (AvgIpc) is 3.13. The van der Waals surface area contributed by atoms with Crippen LogP contribution in [-0.4, -0.2) is 36.9 Å². The Bertz CT molecular complexity index is 851. The highest BCUT2D eigenvalue weighted by molar-refractivity contribution is 14.0. The van der Waals surface area contributed by atoms with Gasteiger partial charge in [-0.3, -0.25) is 9.79 Å². The van der Waals surface area contributed by atoms with Crippen molar-refractivity contribution in [3.05, 3.63) is 70.8 Å². The van der Waals surface area contributed by atoms with Crippen molar-refractivity contribution >= 4 is 35.8 Å². The molecule has 0 saturated carbocycles. The largest absolute Gasteiger partial charge is 0.356 e. The minimum absolute atomic E-state index is 0. The van der Waals surface area contributed by atoms with E-state index in [1.165, 1.54) is 22.3 Å². The minimum atomic E-state index is 0. The molecule has 3 rings (SSSR count). The van der Waals surface area contributed by atoms with Gasteiger partial charge in [0.25, 0.3) is 0 Å². The number of halogens is 1. The topological polar surface area (TPSA) is 56.7 Å². The van der Waals surface area contributed by atoms with Crippen molar-refractivity contribution in [3.63, 3.8) is 0 Å². The number of amides is 1. The monoisotopic (exact) mass is 520 g/mol. The number of hydrogen-bond donors (Lipinski definition) is 2. The number of nitrogens with one attached hydrogen (secondary N) is 2. The molecule has 0 radical (unpaired) electrons. The second kappa shape index (κ2) is 11.9. The fourth-order valence-electron chi connectivity index (χ4n) is 3.60. The van der Waals surface area contributed by atoms with Crippen molar-refractivity contribution in [2.24, 2.45) is 4.99 Å². The first kappa shape index (κ1) is 24.2. The lowest BCUT2D eigenvalue weighted by atomic mass is 9.99. The maximum atomic E-state index is 11.8. The van der Waals surface area contributed by atoms with E-state index in [-0.39, 0.29) is 29.9 Å². The third-order valence-electron chi connectivity index (χ3n) is 5.44. The molecule has 0 bridgehead atoms. The zero-order chi connectivity index (χ0) is 20.6. The van der Waals surface area contributed by atoms with Crippen molar-refractivity contribution in [2.75, 3.05) is 20.1 Å². The van der Waals surface area contributed by atoms with Gasteiger partial charge in [0.15, 0.2) is 5.96 Å². The molecule has 162 valence electrons. The van der Waals surface area contributed by atoms with Crippen LogP contribution in [-0.2, 0) is 17.9 Å². The minimum Gasteiger partial charge on any atom is -0.356 e. The second-order valence-corrected chi connectivity index (χ2v) is 7.86. The molecule has 2 aromatic rings. The Morgan fingerprint density at radius 2 is 1.87 bits per heavy atom. The summed E-state index contributed by atoms with van der Waals surface area (Å²) < 4.78 is 0. The van der Waals surface area contributed by atoms with Crippen LogP contribution >= 0.6 is 24.0 Å².